The van der Waals surface area contributed by atoms with Crippen LogP contribution in [0.5, 0.6) is 0 Å². The molecule has 140 valence electrons. The zero-order valence-electron chi connectivity index (χ0n) is 15.4. The molecule has 0 spiro atoms. The molecule has 2 aromatic rings. The molecule has 5 heteroatoms. The minimum Gasteiger partial charge on any atom is -0.398 e. The predicted octanol–water partition coefficient (Wildman–Crippen LogP) is 3.75. The van der Waals surface area contributed by atoms with E-state index in [1.807, 2.05) is 37.3 Å². The van der Waals surface area contributed by atoms with Crippen LogP contribution in [0.25, 0.3) is 0 Å². The molecular weight excluding hydrogens is 346 g/mol. The van der Waals surface area contributed by atoms with Gasteiger partial charge in [0.05, 0.1) is 0 Å². The molecule has 1 aliphatic rings. The van der Waals surface area contributed by atoms with Crippen LogP contribution in [0.2, 0.25) is 0 Å². The van der Waals surface area contributed by atoms with Crippen LogP contribution in [0.15, 0.2) is 48.5 Å². The van der Waals surface area contributed by atoms with E-state index in [1.165, 1.54) is 11.1 Å². The van der Waals surface area contributed by atoms with Gasteiger partial charge in [0.25, 0.3) is 0 Å². The molecule has 3 N–H and O–H groups in total. The quantitative estimate of drug-likeness (QED) is 0.784. The SMILES string of the molecule is CC(CNC(=O)C(C)N1CCCc2c(N)cccc21)c1ccccc1.Cl. The molecule has 0 fully saturated rings. The first-order chi connectivity index (χ1) is 12.1. The Morgan fingerprint density at radius 3 is 2.62 bits per heavy atom. The van der Waals surface area contributed by atoms with Gasteiger partial charge in [0.15, 0.2) is 0 Å². The monoisotopic (exact) mass is 373 g/mol. The van der Waals surface area contributed by atoms with E-state index in [0.717, 1.165) is 30.8 Å². The van der Waals surface area contributed by atoms with Crippen LogP contribution in [0.4, 0.5) is 11.4 Å². The zero-order valence-corrected chi connectivity index (χ0v) is 16.3. The molecule has 0 aliphatic carbocycles. The second kappa shape index (κ2) is 8.95. The van der Waals surface area contributed by atoms with Gasteiger partial charge in [-0.3, -0.25) is 4.79 Å². The molecule has 1 aliphatic heterocycles. The van der Waals surface area contributed by atoms with Crippen molar-refractivity contribution in [3.63, 3.8) is 0 Å². The average molecular weight is 374 g/mol. The third-order valence-corrected chi connectivity index (χ3v) is 5.12. The van der Waals surface area contributed by atoms with E-state index in [0.29, 0.717) is 12.5 Å². The maximum Gasteiger partial charge on any atom is 0.242 e. The Hall–Kier alpha value is -2.20. The molecule has 3 rings (SSSR count). The van der Waals surface area contributed by atoms with Crippen LogP contribution < -0.4 is 16.0 Å². The Kier molecular flexibility index (Phi) is 6.92. The van der Waals surface area contributed by atoms with Crippen LogP contribution in [0.1, 0.15) is 37.3 Å². The lowest BCUT2D eigenvalue weighted by Crippen LogP contribution is -2.48. The fourth-order valence-electron chi connectivity index (χ4n) is 3.52. The van der Waals surface area contributed by atoms with Crippen molar-refractivity contribution in [3.05, 3.63) is 59.7 Å². The lowest BCUT2D eigenvalue weighted by Gasteiger charge is -2.36. The largest absolute Gasteiger partial charge is 0.398 e. The maximum atomic E-state index is 12.7. The number of halogens is 1. The fourth-order valence-corrected chi connectivity index (χ4v) is 3.52. The number of benzene rings is 2. The fraction of sp³-hybridized carbons (Fsp3) is 0.381. The van der Waals surface area contributed by atoms with Crippen LogP contribution in [-0.4, -0.2) is 25.0 Å². The Morgan fingerprint density at radius 1 is 1.15 bits per heavy atom. The second-order valence-corrected chi connectivity index (χ2v) is 6.87. The summed E-state index contributed by atoms with van der Waals surface area (Å²) in [4.78, 5) is 14.9. The summed E-state index contributed by atoms with van der Waals surface area (Å²) in [5, 5.41) is 3.11. The topological polar surface area (TPSA) is 58.4 Å². The van der Waals surface area contributed by atoms with Crippen molar-refractivity contribution in [2.24, 2.45) is 0 Å². The van der Waals surface area contributed by atoms with Crippen molar-refractivity contribution in [3.8, 4) is 0 Å². The van der Waals surface area contributed by atoms with Crippen molar-refractivity contribution in [2.75, 3.05) is 23.7 Å². The molecule has 0 saturated heterocycles. The number of carbonyl (C=O) groups is 1. The van der Waals surface area contributed by atoms with Gasteiger partial charge >= 0.3 is 0 Å². The number of carbonyl (C=O) groups excluding carboxylic acids is 1. The van der Waals surface area contributed by atoms with Gasteiger partial charge in [-0.25, -0.2) is 0 Å². The van der Waals surface area contributed by atoms with Gasteiger partial charge in [-0.2, -0.15) is 0 Å². The molecule has 2 aromatic carbocycles. The summed E-state index contributed by atoms with van der Waals surface area (Å²) in [6.07, 6.45) is 2.01. The number of nitrogens with zero attached hydrogens (tertiary/aromatic N) is 1. The minimum absolute atomic E-state index is 0. The number of hydrogen-bond acceptors (Lipinski definition) is 3. The number of nitrogens with two attached hydrogens (primary N) is 1. The molecule has 26 heavy (non-hydrogen) atoms. The normalized spacial score (nSPS) is 15.4. The molecule has 0 aromatic heterocycles. The third-order valence-electron chi connectivity index (χ3n) is 5.12. The summed E-state index contributed by atoms with van der Waals surface area (Å²) in [7, 11) is 0. The number of nitrogens with one attached hydrogen (secondary N) is 1. The second-order valence-electron chi connectivity index (χ2n) is 6.87. The van der Waals surface area contributed by atoms with Gasteiger partial charge in [0, 0.05) is 24.5 Å². The summed E-state index contributed by atoms with van der Waals surface area (Å²) in [6.45, 7) is 5.64. The van der Waals surface area contributed by atoms with Gasteiger partial charge in [-0.15, -0.1) is 12.4 Å². The van der Waals surface area contributed by atoms with Crippen molar-refractivity contribution in [1.29, 1.82) is 0 Å². The van der Waals surface area contributed by atoms with Crippen LogP contribution in [-0.2, 0) is 11.2 Å². The number of hydrogen-bond donors (Lipinski definition) is 2. The highest BCUT2D eigenvalue weighted by atomic mass is 35.5. The smallest absolute Gasteiger partial charge is 0.242 e. The summed E-state index contributed by atoms with van der Waals surface area (Å²) < 4.78 is 0. The molecule has 4 nitrogen and oxygen atoms in total. The van der Waals surface area contributed by atoms with Gasteiger partial charge in [-0.1, -0.05) is 43.3 Å². The first-order valence-electron chi connectivity index (χ1n) is 9.04. The van der Waals surface area contributed by atoms with Gasteiger partial charge in [-0.05, 0) is 48.9 Å². The Morgan fingerprint density at radius 2 is 1.88 bits per heavy atom. The van der Waals surface area contributed by atoms with E-state index >= 15 is 0 Å². The molecule has 2 unspecified atom stereocenters. The molecule has 0 bridgehead atoms. The van der Waals surface area contributed by atoms with E-state index in [-0.39, 0.29) is 24.4 Å². The van der Waals surface area contributed by atoms with E-state index in [2.05, 4.69) is 35.3 Å². The molecular formula is C21H28ClN3O. The summed E-state index contributed by atoms with van der Waals surface area (Å²) in [5.41, 5.74) is 10.5. The lowest BCUT2D eigenvalue weighted by atomic mass is 9.98. The van der Waals surface area contributed by atoms with Crippen LogP contribution >= 0.6 is 12.4 Å². The van der Waals surface area contributed by atoms with Crippen LogP contribution in [0.3, 0.4) is 0 Å². The van der Waals surface area contributed by atoms with Crippen molar-refractivity contribution < 1.29 is 4.79 Å². The Bertz CT molecular complexity index is 735. The molecule has 0 radical (unpaired) electrons. The zero-order chi connectivity index (χ0) is 17.8. The minimum atomic E-state index is -0.205. The number of fused-ring (bicyclic) bond motifs is 1. The maximum absolute atomic E-state index is 12.7. The third kappa shape index (κ3) is 4.31. The van der Waals surface area contributed by atoms with Gasteiger partial charge in [0.2, 0.25) is 5.91 Å². The number of anilines is 2. The van der Waals surface area contributed by atoms with Crippen molar-refractivity contribution in [1.82, 2.24) is 5.32 Å². The summed E-state index contributed by atoms with van der Waals surface area (Å²) in [5.74, 6) is 0.361. The highest BCUT2D eigenvalue weighted by Crippen LogP contribution is 2.32. The van der Waals surface area contributed by atoms with E-state index < -0.39 is 0 Å². The standard InChI is InChI=1S/C21H27N3O.ClH/c1-15(17-8-4-3-5-9-17)14-23-21(25)16(2)24-13-7-10-18-19(22)11-6-12-20(18)24;/h3-6,8-9,11-12,15-16H,7,10,13-14,22H2,1-2H3,(H,23,25);1H. The van der Waals surface area contributed by atoms with Crippen molar-refractivity contribution >= 4 is 29.7 Å². The molecule has 1 heterocycles. The summed E-state index contributed by atoms with van der Waals surface area (Å²) in [6, 6.07) is 16.1. The van der Waals surface area contributed by atoms with E-state index in [4.69, 9.17) is 5.73 Å². The molecule has 0 saturated carbocycles. The van der Waals surface area contributed by atoms with Gasteiger partial charge < -0.3 is 16.0 Å². The summed E-state index contributed by atoms with van der Waals surface area (Å²) >= 11 is 0. The molecule has 1 amide bonds. The first kappa shape index (κ1) is 20.1. The highest BCUT2D eigenvalue weighted by Gasteiger charge is 2.27. The highest BCUT2D eigenvalue weighted by molar-refractivity contribution is 5.86. The van der Waals surface area contributed by atoms with Crippen LogP contribution in [0, 0.1) is 0 Å². The van der Waals surface area contributed by atoms with E-state index in [1.54, 1.807) is 0 Å². The van der Waals surface area contributed by atoms with Crippen molar-refractivity contribution in [2.45, 2.75) is 38.6 Å². The Balaban J connectivity index is 0.00000243. The number of nitrogen functional groups attached to an aromatic ring is 1. The number of amides is 1. The van der Waals surface area contributed by atoms with Gasteiger partial charge in [0.1, 0.15) is 6.04 Å². The Labute approximate surface area is 162 Å². The lowest BCUT2D eigenvalue weighted by molar-refractivity contribution is -0.122. The number of rotatable bonds is 5. The average Bonchev–Trinajstić information content (AvgIpc) is 2.66. The predicted molar refractivity (Wildman–Crippen MR) is 111 cm³/mol. The first-order valence-corrected chi connectivity index (χ1v) is 9.04. The van der Waals surface area contributed by atoms with E-state index in [9.17, 15) is 4.79 Å². The molecule has 2 atom stereocenters.